The standard InChI is InChI=1S/C27H30F3NO8S2/c1-24(2,3)38-23(33)31-26(14-36-25(4,5)37-15-26)11-10-16-6-9-20-19(12-16)22(32)18-8-7-17(13-21(18)40-20)39-41(34,35)27(28,29)30/h6-9,12-13H,10-11,14-15H2,1-5H3,(H,31,33). The molecule has 0 spiro atoms. The highest BCUT2D eigenvalue weighted by Gasteiger charge is 2.48. The van der Waals surface area contributed by atoms with Crippen molar-refractivity contribution >= 4 is 47.7 Å². The average molecular weight is 618 g/mol. The number of rotatable bonds is 6. The topological polar surface area (TPSA) is 117 Å². The summed E-state index contributed by atoms with van der Waals surface area (Å²) in [6.07, 6.45) is 0.251. The van der Waals surface area contributed by atoms with Crippen molar-refractivity contribution in [3.8, 4) is 5.75 Å². The highest BCUT2D eigenvalue weighted by Crippen LogP contribution is 2.33. The fourth-order valence-corrected chi connectivity index (χ4v) is 5.68. The molecule has 1 fully saturated rings. The maximum Gasteiger partial charge on any atom is 0.534 e. The molecule has 224 valence electrons. The van der Waals surface area contributed by atoms with Crippen molar-refractivity contribution in [1.82, 2.24) is 5.32 Å². The zero-order valence-electron chi connectivity index (χ0n) is 23.0. The summed E-state index contributed by atoms with van der Waals surface area (Å²) in [5, 5.41) is 3.50. The molecule has 1 aromatic heterocycles. The highest BCUT2D eigenvalue weighted by molar-refractivity contribution is 7.88. The molecule has 9 nitrogen and oxygen atoms in total. The van der Waals surface area contributed by atoms with Gasteiger partial charge in [0.25, 0.3) is 0 Å². The third-order valence-electron chi connectivity index (χ3n) is 6.25. The van der Waals surface area contributed by atoms with Crippen LogP contribution in [0.4, 0.5) is 18.0 Å². The average Bonchev–Trinajstić information content (AvgIpc) is 2.83. The van der Waals surface area contributed by atoms with Crippen LogP contribution in [-0.2, 0) is 30.7 Å². The minimum Gasteiger partial charge on any atom is -0.444 e. The maximum absolute atomic E-state index is 13.3. The third-order valence-corrected chi connectivity index (χ3v) is 8.36. The van der Waals surface area contributed by atoms with Crippen LogP contribution in [0.3, 0.4) is 0 Å². The minimum atomic E-state index is -5.85. The molecule has 2 aromatic carbocycles. The van der Waals surface area contributed by atoms with Crippen molar-refractivity contribution in [2.45, 2.75) is 69.9 Å². The van der Waals surface area contributed by atoms with Crippen molar-refractivity contribution in [2.24, 2.45) is 0 Å². The van der Waals surface area contributed by atoms with E-state index in [0.717, 1.165) is 29.0 Å². The van der Waals surface area contributed by atoms with Crippen LogP contribution in [-0.4, -0.2) is 50.2 Å². The van der Waals surface area contributed by atoms with Crippen LogP contribution >= 0.6 is 11.3 Å². The number of hydrogen-bond donors (Lipinski definition) is 1. The zero-order valence-corrected chi connectivity index (χ0v) is 24.6. The van der Waals surface area contributed by atoms with Crippen LogP contribution in [0.5, 0.6) is 5.75 Å². The Morgan fingerprint density at radius 3 is 2.29 bits per heavy atom. The van der Waals surface area contributed by atoms with E-state index in [-0.39, 0.29) is 28.7 Å². The number of benzene rings is 2. The first-order valence-corrected chi connectivity index (χ1v) is 14.8. The Hall–Kier alpha value is -2.94. The number of nitrogens with one attached hydrogen (secondary N) is 1. The second-order valence-corrected chi connectivity index (χ2v) is 13.9. The van der Waals surface area contributed by atoms with E-state index in [1.165, 1.54) is 6.07 Å². The van der Waals surface area contributed by atoms with Gasteiger partial charge < -0.3 is 23.7 Å². The number of hydrogen-bond acceptors (Lipinski definition) is 9. The summed E-state index contributed by atoms with van der Waals surface area (Å²) in [4.78, 5) is 25.9. The molecule has 1 saturated heterocycles. The van der Waals surface area contributed by atoms with Crippen molar-refractivity contribution < 1.29 is 44.8 Å². The van der Waals surface area contributed by atoms with Gasteiger partial charge in [0, 0.05) is 20.2 Å². The van der Waals surface area contributed by atoms with Gasteiger partial charge in [-0.15, -0.1) is 11.3 Å². The molecule has 0 atom stereocenters. The Morgan fingerprint density at radius 1 is 1.02 bits per heavy atom. The number of alkyl halides is 3. The zero-order chi connectivity index (χ0) is 30.4. The van der Waals surface area contributed by atoms with Crippen LogP contribution in [0, 0.1) is 0 Å². The van der Waals surface area contributed by atoms with E-state index in [2.05, 4.69) is 9.50 Å². The first-order chi connectivity index (χ1) is 18.8. The number of halogens is 3. The number of carbonyl (C=O) groups is 1. The lowest BCUT2D eigenvalue weighted by molar-refractivity contribution is -0.271. The molecule has 1 N–H and O–H groups in total. The quantitative estimate of drug-likeness (QED) is 0.215. The van der Waals surface area contributed by atoms with Gasteiger partial charge in [0.1, 0.15) is 11.4 Å². The molecule has 3 aromatic rings. The van der Waals surface area contributed by atoms with Gasteiger partial charge >= 0.3 is 21.7 Å². The lowest BCUT2D eigenvalue weighted by atomic mass is 9.91. The SMILES string of the molecule is CC(C)(C)OC(=O)NC1(CCc2ccc3sc4cc(OS(=O)(=O)C(F)(F)F)ccc4c(=O)c3c2)COC(C)(C)OC1. The van der Waals surface area contributed by atoms with E-state index >= 15 is 0 Å². The third kappa shape index (κ3) is 7.29. The van der Waals surface area contributed by atoms with E-state index in [1.807, 2.05) is 0 Å². The van der Waals surface area contributed by atoms with Crippen molar-refractivity contribution in [3.63, 3.8) is 0 Å². The number of ether oxygens (including phenoxy) is 3. The molecule has 0 bridgehead atoms. The number of fused-ring (bicyclic) bond motifs is 2. The second-order valence-electron chi connectivity index (χ2n) is 11.3. The Kier molecular flexibility index (Phi) is 8.10. The summed E-state index contributed by atoms with van der Waals surface area (Å²) in [7, 11) is -5.85. The van der Waals surface area contributed by atoms with Gasteiger partial charge in [-0.05, 0) is 83.4 Å². The van der Waals surface area contributed by atoms with Crippen LogP contribution in [0.2, 0.25) is 0 Å². The van der Waals surface area contributed by atoms with Gasteiger partial charge in [0.15, 0.2) is 11.2 Å². The van der Waals surface area contributed by atoms with Gasteiger partial charge in [0.05, 0.1) is 18.8 Å². The molecule has 2 heterocycles. The molecule has 0 saturated carbocycles. The van der Waals surface area contributed by atoms with Gasteiger partial charge in [-0.1, -0.05) is 6.07 Å². The van der Waals surface area contributed by atoms with E-state index in [4.69, 9.17) is 14.2 Å². The number of aryl methyl sites for hydroxylation is 1. The summed E-state index contributed by atoms with van der Waals surface area (Å²) in [5.74, 6) is -1.37. The molecule has 0 aliphatic carbocycles. The Labute approximate surface area is 238 Å². The molecular weight excluding hydrogens is 587 g/mol. The maximum atomic E-state index is 13.3. The van der Waals surface area contributed by atoms with Gasteiger partial charge in [-0.2, -0.15) is 21.6 Å². The molecule has 0 radical (unpaired) electrons. The summed E-state index contributed by atoms with van der Waals surface area (Å²) in [5.41, 5.74) is -6.73. The Balaban J connectivity index is 1.59. The number of alkyl carbamates (subject to hydrolysis) is 1. The lowest BCUT2D eigenvalue weighted by Gasteiger charge is -2.44. The predicted molar refractivity (Wildman–Crippen MR) is 148 cm³/mol. The fourth-order valence-electron chi connectivity index (χ4n) is 4.15. The molecule has 1 aliphatic rings. The van der Waals surface area contributed by atoms with E-state index in [1.54, 1.807) is 52.8 Å². The molecule has 1 aliphatic heterocycles. The van der Waals surface area contributed by atoms with Gasteiger partial charge in [-0.3, -0.25) is 4.79 Å². The molecule has 41 heavy (non-hydrogen) atoms. The van der Waals surface area contributed by atoms with Crippen LogP contribution in [0.1, 0.15) is 46.6 Å². The van der Waals surface area contributed by atoms with E-state index in [9.17, 15) is 31.2 Å². The summed E-state index contributed by atoms with van der Waals surface area (Å²) in [6, 6.07) is 8.57. The van der Waals surface area contributed by atoms with Crippen LogP contribution < -0.4 is 14.9 Å². The van der Waals surface area contributed by atoms with Crippen molar-refractivity contribution in [1.29, 1.82) is 0 Å². The van der Waals surface area contributed by atoms with Gasteiger partial charge in [0.2, 0.25) is 0 Å². The van der Waals surface area contributed by atoms with Crippen LogP contribution in [0.15, 0.2) is 41.2 Å². The summed E-state index contributed by atoms with van der Waals surface area (Å²) in [6.45, 7) is 9.19. The molecule has 4 rings (SSSR count). The van der Waals surface area contributed by atoms with E-state index in [0.29, 0.717) is 22.9 Å². The first kappa shape index (κ1) is 31.0. The molecule has 1 amide bonds. The molecule has 14 heteroatoms. The van der Waals surface area contributed by atoms with Gasteiger partial charge in [-0.25, -0.2) is 4.79 Å². The normalized spacial score (nSPS) is 17.4. The van der Waals surface area contributed by atoms with Crippen molar-refractivity contribution in [3.05, 3.63) is 52.2 Å². The van der Waals surface area contributed by atoms with Crippen LogP contribution in [0.25, 0.3) is 20.2 Å². The monoisotopic (exact) mass is 617 g/mol. The summed E-state index contributed by atoms with van der Waals surface area (Å²) >= 11 is 1.11. The number of amides is 1. The fraction of sp³-hybridized carbons (Fsp3) is 0.481. The Bertz CT molecular complexity index is 1630. The lowest BCUT2D eigenvalue weighted by Crippen LogP contribution is -2.61. The Morgan fingerprint density at radius 2 is 1.68 bits per heavy atom. The van der Waals surface area contributed by atoms with Crippen molar-refractivity contribution in [2.75, 3.05) is 13.2 Å². The first-order valence-electron chi connectivity index (χ1n) is 12.6. The summed E-state index contributed by atoms with van der Waals surface area (Å²) < 4.78 is 83.0. The predicted octanol–water partition coefficient (Wildman–Crippen LogP) is 5.62. The highest BCUT2D eigenvalue weighted by atomic mass is 32.2. The second kappa shape index (κ2) is 10.7. The smallest absolute Gasteiger partial charge is 0.444 e. The van der Waals surface area contributed by atoms with E-state index < -0.39 is 44.4 Å². The number of carbonyl (C=O) groups excluding carboxylic acids is 1. The largest absolute Gasteiger partial charge is 0.534 e. The molecule has 0 unspecified atom stereocenters. The minimum absolute atomic E-state index is 0.181. The molecular formula is C27H30F3NO8S2.